The van der Waals surface area contributed by atoms with E-state index in [4.69, 9.17) is 9.47 Å². The fourth-order valence-electron chi connectivity index (χ4n) is 4.22. The monoisotopic (exact) mass is 473 g/mol. The number of nitrogens with one attached hydrogen (secondary N) is 1. The second-order valence-corrected chi connectivity index (χ2v) is 9.06. The molecule has 182 valence electrons. The molecular weight excluding hydrogens is 442 g/mol. The zero-order valence-electron chi connectivity index (χ0n) is 20.8. The summed E-state index contributed by atoms with van der Waals surface area (Å²) < 4.78 is 10.4. The maximum absolute atomic E-state index is 13.7. The number of carbonyl (C=O) groups is 2. The number of carbonyl (C=O) groups excluding carboxylic acids is 2. The molecule has 0 unspecified atom stereocenters. The summed E-state index contributed by atoms with van der Waals surface area (Å²) in [4.78, 5) is 30.4. The molecule has 2 amide bonds. The Bertz CT molecular complexity index is 1220. The van der Waals surface area contributed by atoms with E-state index in [-0.39, 0.29) is 11.8 Å². The first-order valence-corrected chi connectivity index (χ1v) is 11.5. The largest absolute Gasteiger partial charge is 0.497 e. The molecule has 7 heteroatoms. The maximum Gasteiger partial charge on any atom is 0.258 e. The van der Waals surface area contributed by atoms with Crippen molar-refractivity contribution in [1.82, 2.24) is 10.2 Å². The second kappa shape index (κ2) is 9.70. The Balaban J connectivity index is 1.55. The number of benzene rings is 3. The van der Waals surface area contributed by atoms with Crippen molar-refractivity contribution in [2.45, 2.75) is 32.6 Å². The summed E-state index contributed by atoms with van der Waals surface area (Å²) in [6.45, 7) is 4.86. The van der Waals surface area contributed by atoms with Crippen LogP contribution in [0.2, 0.25) is 0 Å². The zero-order valence-corrected chi connectivity index (χ0v) is 20.8. The average Bonchev–Trinajstić information content (AvgIpc) is 2.89. The van der Waals surface area contributed by atoms with E-state index in [9.17, 15) is 9.59 Å². The molecular formula is C28H31N3O4. The number of hydrogen-bond acceptors (Lipinski definition) is 5. The van der Waals surface area contributed by atoms with E-state index in [1.807, 2.05) is 80.4 Å². The van der Waals surface area contributed by atoms with Crippen molar-refractivity contribution < 1.29 is 19.1 Å². The molecule has 1 heterocycles. The average molecular weight is 474 g/mol. The highest BCUT2D eigenvalue weighted by molar-refractivity contribution is 6.05. The molecule has 1 aliphatic rings. The molecule has 7 nitrogen and oxygen atoms in total. The molecule has 35 heavy (non-hydrogen) atoms. The van der Waals surface area contributed by atoms with Gasteiger partial charge in [-0.05, 0) is 67.4 Å². The fourth-order valence-corrected chi connectivity index (χ4v) is 4.22. The first-order chi connectivity index (χ1) is 16.7. The molecule has 0 spiro atoms. The minimum atomic E-state index is -0.553. The molecule has 0 aromatic heterocycles. The van der Waals surface area contributed by atoms with Gasteiger partial charge < -0.3 is 24.6 Å². The van der Waals surface area contributed by atoms with Crippen LogP contribution in [0.1, 0.15) is 45.7 Å². The van der Waals surface area contributed by atoms with E-state index in [0.717, 1.165) is 28.3 Å². The van der Waals surface area contributed by atoms with Crippen molar-refractivity contribution in [1.29, 1.82) is 0 Å². The number of nitrogens with zero attached hydrogens (tertiary/aromatic N) is 2. The van der Waals surface area contributed by atoms with Crippen LogP contribution in [-0.4, -0.2) is 43.6 Å². The molecule has 1 aliphatic heterocycles. The van der Waals surface area contributed by atoms with Crippen LogP contribution in [0.4, 0.5) is 5.69 Å². The third kappa shape index (κ3) is 4.80. The predicted molar refractivity (Wildman–Crippen MR) is 136 cm³/mol. The van der Waals surface area contributed by atoms with Gasteiger partial charge in [-0.3, -0.25) is 9.59 Å². The van der Waals surface area contributed by atoms with Crippen LogP contribution < -0.4 is 19.7 Å². The summed E-state index contributed by atoms with van der Waals surface area (Å²) in [5.74, 6) is 1.19. The lowest BCUT2D eigenvalue weighted by Crippen LogP contribution is -2.60. The summed E-state index contributed by atoms with van der Waals surface area (Å²) >= 11 is 0. The minimum Gasteiger partial charge on any atom is -0.497 e. The van der Waals surface area contributed by atoms with Crippen LogP contribution in [0.3, 0.4) is 0 Å². The Labute approximate surface area is 206 Å². The smallest absolute Gasteiger partial charge is 0.258 e. The SMILES string of the molecule is COc1ccc(CNC(=O)c2ccc3c(c2)C(=O)N(Cc2ccc(OC)cc2)C(C)(C)N3C)cc1. The van der Waals surface area contributed by atoms with Gasteiger partial charge >= 0.3 is 0 Å². The van der Waals surface area contributed by atoms with Crippen LogP contribution in [0.15, 0.2) is 66.7 Å². The number of amides is 2. The first-order valence-electron chi connectivity index (χ1n) is 11.5. The minimum absolute atomic E-state index is 0.108. The lowest BCUT2D eigenvalue weighted by atomic mass is 9.97. The van der Waals surface area contributed by atoms with Crippen molar-refractivity contribution in [3.63, 3.8) is 0 Å². The lowest BCUT2D eigenvalue weighted by molar-refractivity contribution is 0.0490. The van der Waals surface area contributed by atoms with Crippen LogP contribution in [0.5, 0.6) is 11.5 Å². The van der Waals surface area contributed by atoms with E-state index in [1.165, 1.54) is 0 Å². The van der Waals surface area contributed by atoms with Gasteiger partial charge in [0.1, 0.15) is 17.2 Å². The van der Waals surface area contributed by atoms with Gasteiger partial charge in [-0.1, -0.05) is 24.3 Å². The van der Waals surface area contributed by atoms with Gasteiger partial charge in [0, 0.05) is 25.7 Å². The Kier molecular flexibility index (Phi) is 6.69. The summed E-state index contributed by atoms with van der Waals surface area (Å²) in [5, 5.41) is 2.93. The second-order valence-electron chi connectivity index (χ2n) is 9.06. The molecule has 0 bridgehead atoms. The van der Waals surface area contributed by atoms with Crippen molar-refractivity contribution in [3.8, 4) is 11.5 Å². The molecule has 0 aliphatic carbocycles. The van der Waals surface area contributed by atoms with E-state index in [0.29, 0.717) is 24.2 Å². The van der Waals surface area contributed by atoms with Crippen molar-refractivity contribution in [2.24, 2.45) is 0 Å². The van der Waals surface area contributed by atoms with Gasteiger partial charge in [0.15, 0.2) is 0 Å². The molecule has 3 aromatic rings. The number of rotatable bonds is 7. The topological polar surface area (TPSA) is 71.1 Å². The number of fused-ring (bicyclic) bond motifs is 1. The van der Waals surface area contributed by atoms with Crippen LogP contribution in [0.25, 0.3) is 0 Å². The fraction of sp³-hybridized carbons (Fsp3) is 0.286. The number of methoxy groups -OCH3 is 2. The van der Waals surface area contributed by atoms with Gasteiger partial charge in [-0.2, -0.15) is 0 Å². The lowest BCUT2D eigenvalue weighted by Gasteiger charge is -2.50. The van der Waals surface area contributed by atoms with Gasteiger partial charge in [-0.25, -0.2) is 0 Å². The summed E-state index contributed by atoms with van der Waals surface area (Å²) in [7, 11) is 5.21. The van der Waals surface area contributed by atoms with E-state index >= 15 is 0 Å². The Morgan fingerprint density at radius 2 is 1.46 bits per heavy atom. The summed E-state index contributed by atoms with van der Waals surface area (Å²) in [5.41, 5.74) is 3.17. The summed E-state index contributed by atoms with van der Waals surface area (Å²) in [6, 6.07) is 20.5. The number of anilines is 1. The molecule has 0 radical (unpaired) electrons. The number of ether oxygens (including phenoxy) is 2. The molecule has 1 N–H and O–H groups in total. The molecule has 0 fully saturated rings. The normalized spacial score (nSPS) is 14.4. The van der Waals surface area contributed by atoms with Gasteiger partial charge in [-0.15, -0.1) is 0 Å². The standard InChI is InChI=1S/C28H31N3O4/c1-28(2)30(3)25-15-10-21(26(32)29-17-19-6-11-22(34-4)12-7-19)16-24(25)27(33)31(28)18-20-8-13-23(35-5)14-9-20/h6-16H,17-18H2,1-5H3,(H,29,32). The van der Waals surface area contributed by atoms with Crippen molar-refractivity contribution >= 4 is 17.5 Å². The van der Waals surface area contributed by atoms with Crippen LogP contribution in [0, 0.1) is 0 Å². The molecule has 0 saturated carbocycles. The maximum atomic E-state index is 13.7. The highest BCUT2D eigenvalue weighted by Gasteiger charge is 2.41. The van der Waals surface area contributed by atoms with Crippen LogP contribution in [-0.2, 0) is 13.1 Å². The van der Waals surface area contributed by atoms with E-state index in [1.54, 1.807) is 26.4 Å². The molecule has 0 atom stereocenters. The Hall–Kier alpha value is -4.00. The Morgan fingerprint density at radius 1 is 0.886 bits per heavy atom. The third-order valence-corrected chi connectivity index (χ3v) is 6.69. The molecule has 0 saturated heterocycles. The highest BCUT2D eigenvalue weighted by Crippen LogP contribution is 2.37. The first kappa shape index (κ1) is 24.1. The van der Waals surface area contributed by atoms with E-state index < -0.39 is 5.66 Å². The third-order valence-electron chi connectivity index (χ3n) is 6.69. The molecule has 4 rings (SSSR count). The quantitative estimate of drug-likeness (QED) is 0.549. The van der Waals surface area contributed by atoms with E-state index in [2.05, 4.69) is 10.2 Å². The van der Waals surface area contributed by atoms with Gasteiger partial charge in [0.25, 0.3) is 11.8 Å². The summed E-state index contributed by atoms with van der Waals surface area (Å²) in [6.07, 6.45) is 0. The van der Waals surface area contributed by atoms with Crippen molar-refractivity contribution in [3.05, 3.63) is 89.0 Å². The molecule has 3 aromatic carbocycles. The zero-order chi connectivity index (χ0) is 25.2. The Morgan fingerprint density at radius 3 is 2.03 bits per heavy atom. The highest BCUT2D eigenvalue weighted by atomic mass is 16.5. The van der Waals surface area contributed by atoms with Crippen LogP contribution >= 0.6 is 0 Å². The van der Waals surface area contributed by atoms with Gasteiger partial charge in [0.05, 0.1) is 25.5 Å². The van der Waals surface area contributed by atoms with Crippen molar-refractivity contribution in [2.75, 3.05) is 26.2 Å². The predicted octanol–water partition coefficient (Wildman–Crippen LogP) is 4.46. The van der Waals surface area contributed by atoms with Gasteiger partial charge in [0.2, 0.25) is 0 Å². The number of hydrogen-bond donors (Lipinski definition) is 1.